The van der Waals surface area contributed by atoms with Gasteiger partial charge in [0.2, 0.25) is 5.91 Å². The Hall–Kier alpha value is -3.92. The molecule has 2 atom stereocenters. The first-order chi connectivity index (χ1) is 17.9. The number of piperidine rings is 1. The second-order valence-corrected chi connectivity index (χ2v) is 10.5. The summed E-state index contributed by atoms with van der Waals surface area (Å²) in [5, 5.41) is 8.55. The van der Waals surface area contributed by atoms with Gasteiger partial charge in [-0.15, -0.1) is 0 Å². The fourth-order valence-electron chi connectivity index (χ4n) is 5.69. The lowest BCUT2D eigenvalue weighted by molar-refractivity contribution is -0.119. The van der Waals surface area contributed by atoms with E-state index in [9.17, 15) is 9.18 Å². The number of benzene rings is 1. The molecule has 1 aromatic carbocycles. The number of amides is 1. The molecule has 3 fully saturated rings. The summed E-state index contributed by atoms with van der Waals surface area (Å²) in [4.78, 5) is 29.6. The maximum Gasteiger partial charge on any atom is 0.235 e. The Morgan fingerprint density at radius 2 is 2.03 bits per heavy atom. The van der Waals surface area contributed by atoms with Crippen LogP contribution in [0.1, 0.15) is 37.8 Å². The number of pyridine rings is 1. The molecule has 10 heteroatoms. The van der Waals surface area contributed by atoms with Gasteiger partial charge in [0, 0.05) is 18.3 Å². The van der Waals surface area contributed by atoms with Gasteiger partial charge in [-0.1, -0.05) is 18.2 Å². The third-order valence-electron chi connectivity index (χ3n) is 7.77. The topological polar surface area (TPSA) is 98.1 Å². The third kappa shape index (κ3) is 3.42. The van der Waals surface area contributed by atoms with E-state index in [2.05, 4.69) is 15.2 Å². The molecule has 1 N–H and O–H groups in total. The molecule has 4 aliphatic rings. The molecule has 188 valence electrons. The van der Waals surface area contributed by atoms with Gasteiger partial charge in [-0.2, -0.15) is 5.10 Å². The molecule has 3 aromatic heterocycles. The van der Waals surface area contributed by atoms with E-state index in [1.54, 1.807) is 29.1 Å². The number of carbonyl (C=O) groups excluding carboxylic acids is 1. The Morgan fingerprint density at radius 1 is 1.16 bits per heavy atom. The second-order valence-electron chi connectivity index (χ2n) is 10.5. The molecule has 8 rings (SSSR count). The van der Waals surface area contributed by atoms with Gasteiger partial charge in [0.15, 0.2) is 11.5 Å². The van der Waals surface area contributed by atoms with Crippen LogP contribution in [0.25, 0.3) is 22.6 Å². The van der Waals surface area contributed by atoms with Crippen molar-refractivity contribution in [3.05, 3.63) is 59.5 Å². The van der Waals surface area contributed by atoms with Crippen molar-refractivity contribution >= 4 is 28.6 Å². The minimum atomic E-state index is -0.769. The van der Waals surface area contributed by atoms with Crippen LogP contribution < -0.4 is 10.2 Å². The van der Waals surface area contributed by atoms with Crippen LogP contribution in [0.15, 0.2) is 42.6 Å². The standard InChI is InChI=1S/C27H26FN7O2/c1-27(2)20-22(32-26(27)36)30-23(31-25(20)34-13-17-10-9-16(34)14-37-17)21-18-7-5-11-29-24(18)35(33-21)12-15-6-3-4-8-19(15)28/h3-8,11,16-17H,9-10,12-14H2,1-2H3,(H,30,31,32,36)/t16-,17-/m0/s1. The zero-order valence-corrected chi connectivity index (χ0v) is 20.6. The minimum absolute atomic E-state index is 0.106. The summed E-state index contributed by atoms with van der Waals surface area (Å²) < 4.78 is 22.1. The molecule has 0 aliphatic carbocycles. The third-order valence-corrected chi connectivity index (χ3v) is 7.77. The van der Waals surface area contributed by atoms with Gasteiger partial charge in [0.25, 0.3) is 0 Å². The number of rotatable bonds is 4. The molecule has 0 spiro atoms. The van der Waals surface area contributed by atoms with Crippen LogP contribution in [0.4, 0.5) is 16.0 Å². The molecule has 4 aromatic rings. The van der Waals surface area contributed by atoms with E-state index in [-0.39, 0.29) is 30.4 Å². The highest BCUT2D eigenvalue weighted by molar-refractivity contribution is 6.06. The number of nitrogens with one attached hydrogen (secondary N) is 1. The number of hydrogen-bond donors (Lipinski definition) is 1. The van der Waals surface area contributed by atoms with E-state index in [1.165, 1.54) is 6.07 Å². The number of carbonyl (C=O) groups is 1. The minimum Gasteiger partial charge on any atom is -0.374 e. The van der Waals surface area contributed by atoms with E-state index in [0.29, 0.717) is 35.2 Å². The van der Waals surface area contributed by atoms with Crippen molar-refractivity contribution in [3.63, 3.8) is 0 Å². The first kappa shape index (κ1) is 22.3. The van der Waals surface area contributed by atoms with Crippen LogP contribution in [0.5, 0.6) is 0 Å². The zero-order valence-electron chi connectivity index (χ0n) is 20.6. The fraction of sp³-hybridized carbons (Fsp3) is 0.370. The molecule has 7 heterocycles. The lowest BCUT2D eigenvalue weighted by Crippen LogP contribution is -2.55. The van der Waals surface area contributed by atoms with Crippen molar-refractivity contribution in [1.29, 1.82) is 0 Å². The van der Waals surface area contributed by atoms with Crippen molar-refractivity contribution in [1.82, 2.24) is 24.7 Å². The average Bonchev–Trinajstić information content (AvgIpc) is 3.39. The molecule has 0 unspecified atom stereocenters. The Balaban J connectivity index is 1.40. The van der Waals surface area contributed by atoms with Crippen LogP contribution >= 0.6 is 0 Å². The highest BCUT2D eigenvalue weighted by Crippen LogP contribution is 2.45. The first-order valence-corrected chi connectivity index (χ1v) is 12.6. The second kappa shape index (κ2) is 8.04. The highest BCUT2D eigenvalue weighted by Gasteiger charge is 2.46. The van der Waals surface area contributed by atoms with E-state index in [4.69, 9.17) is 19.8 Å². The molecular formula is C27H26FN7O2. The van der Waals surface area contributed by atoms with E-state index in [1.807, 2.05) is 26.0 Å². The number of nitrogens with zero attached hydrogens (tertiary/aromatic N) is 6. The summed E-state index contributed by atoms with van der Waals surface area (Å²) in [6.07, 6.45) is 3.88. The Morgan fingerprint density at radius 3 is 2.78 bits per heavy atom. The largest absolute Gasteiger partial charge is 0.374 e. The van der Waals surface area contributed by atoms with E-state index >= 15 is 0 Å². The lowest BCUT2D eigenvalue weighted by atomic mass is 9.86. The average molecular weight is 500 g/mol. The molecule has 2 bridgehead atoms. The molecule has 37 heavy (non-hydrogen) atoms. The number of ether oxygens (including phenoxy) is 1. The van der Waals surface area contributed by atoms with Crippen LogP contribution in [0, 0.1) is 5.82 Å². The monoisotopic (exact) mass is 499 g/mol. The number of fused-ring (bicyclic) bond motifs is 5. The van der Waals surface area contributed by atoms with Crippen molar-refractivity contribution in [3.8, 4) is 11.5 Å². The number of anilines is 2. The fourth-order valence-corrected chi connectivity index (χ4v) is 5.69. The van der Waals surface area contributed by atoms with Gasteiger partial charge in [-0.05, 0) is 44.9 Å². The number of aromatic nitrogens is 5. The van der Waals surface area contributed by atoms with Gasteiger partial charge in [0.05, 0.1) is 41.7 Å². The van der Waals surface area contributed by atoms with Gasteiger partial charge in [-0.3, -0.25) is 4.79 Å². The first-order valence-electron chi connectivity index (χ1n) is 12.6. The normalized spacial score (nSPS) is 21.9. The zero-order chi connectivity index (χ0) is 25.3. The molecule has 9 nitrogen and oxygen atoms in total. The molecule has 3 saturated heterocycles. The number of hydrogen-bond acceptors (Lipinski definition) is 7. The van der Waals surface area contributed by atoms with Crippen LogP contribution in [-0.4, -0.2) is 55.9 Å². The Kier molecular flexibility index (Phi) is 4.84. The molecular weight excluding hydrogens is 473 g/mol. The quantitative estimate of drug-likeness (QED) is 0.458. The van der Waals surface area contributed by atoms with Crippen molar-refractivity contribution in [2.45, 2.75) is 50.8 Å². The molecule has 0 saturated carbocycles. The number of halogens is 1. The lowest BCUT2D eigenvalue weighted by Gasteiger charge is -2.46. The summed E-state index contributed by atoms with van der Waals surface area (Å²) in [5.41, 5.74) is 1.70. The maximum absolute atomic E-state index is 14.5. The summed E-state index contributed by atoms with van der Waals surface area (Å²) in [5.74, 6) is 1.26. The van der Waals surface area contributed by atoms with Crippen molar-refractivity contribution < 1.29 is 13.9 Å². The van der Waals surface area contributed by atoms with Crippen LogP contribution in [-0.2, 0) is 21.5 Å². The summed E-state index contributed by atoms with van der Waals surface area (Å²) in [6.45, 7) is 5.39. The molecule has 1 amide bonds. The van der Waals surface area contributed by atoms with Gasteiger partial charge in [0.1, 0.15) is 23.1 Å². The predicted octanol–water partition coefficient (Wildman–Crippen LogP) is 3.67. The van der Waals surface area contributed by atoms with Crippen molar-refractivity contribution in [2.24, 2.45) is 0 Å². The van der Waals surface area contributed by atoms with Crippen LogP contribution in [0.3, 0.4) is 0 Å². The van der Waals surface area contributed by atoms with Gasteiger partial charge < -0.3 is 15.0 Å². The smallest absolute Gasteiger partial charge is 0.235 e. The Labute approximate surface area is 212 Å². The van der Waals surface area contributed by atoms with Crippen molar-refractivity contribution in [2.75, 3.05) is 23.4 Å². The van der Waals surface area contributed by atoms with E-state index in [0.717, 1.165) is 36.2 Å². The van der Waals surface area contributed by atoms with Crippen LogP contribution in [0.2, 0.25) is 0 Å². The predicted molar refractivity (Wildman–Crippen MR) is 136 cm³/mol. The van der Waals surface area contributed by atoms with E-state index < -0.39 is 5.41 Å². The van der Waals surface area contributed by atoms with Gasteiger partial charge in [-0.25, -0.2) is 24.0 Å². The molecule has 0 radical (unpaired) electrons. The number of morpholine rings is 1. The SMILES string of the molecule is CC1(C)C(=O)Nc2nc(-c3nn(Cc4ccccc4F)c4ncccc34)nc(N3C[C@@H]4CC[C@H]3CO4)c21. The summed E-state index contributed by atoms with van der Waals surface area (Å²) in [7, 11) is 0. The summed E-state index contributed by atoms with van der Waals surface area (Å²) >= 11 is 0. The Bertz CT molecular complexity index is 1560. The van der Waals surface area contributed by atoms with Gasteiger partial charge >= 0.3 is 0 Å². The maximum atomic E-state index is 14.5. The molecule has 4 aliphatic heterocycles. The highest BCUT2D eigenvalue weighted by atomic mass is 19.1. The summed E-state index contributed by atoms with van der Waals surface area (Å²) in [6, 6.07) is 10.6.